The maximum Gasteiger partial charge on any atom is 0.163 e. The van der Waals surface area contributed by atoms with E-state index < -0.39 is 0 Å². The van der Waals surface area contributed by atoms with E-state index in [1.807, 2.05) is 32.4 Å². The molecule has 0 aliphatic carbocycles. The van der Waals surface area contributed by atoms with Gasteiger partial charge < -0.3 is 10.3 Å². The number of nitrogens with two attached hydrogens (primary N) is 1. The summed E-state index contributed by atoms with van der Waals surface area (Å²) in [6.07, 6.45) is 0. The molecule has 14 heavy (non-hydrogen) atoms. The van der Waals surface area contributed by atoms with Crippen molar-refractivity contribution in [2.45, 2.75) is 20.8 Å². The van der Waals surface area contributed by atoms with Crippen LogP contribution in [-0.4, -0.2) is 21.1 Å². The number of hydrogen-bond acceptors (Lipinski definition) is 3. The van der Waals surface area contributed by atoms with Gasteiger partial charge in [-0.15, -0.1) is 0 Å². The predicted octanol–water partition coefficient (Wildman–Crippen LogP) is 1.12. The van der Waals surface area contributed by atoms with Gasteiger partial charge in [-0.3, -0.25) is 5.41 Å². The van der Waals surface area contributed by atoms with Crippen LogP contribution in [0.15, 0.2) is 4.99 Å². The lowest BCUT2D eigenvalue weighted by molar-refractivity contribution is 0.858. The lowest BCUT2D eigenvalue weighted by Gasteiger charge is -2.00. The number of amidine groups is 1. The van der Waals surface area contributed by atoms with Crippen LogP contribution in [0.1, 0.15) is 25.4 Å². The molecule has 0 radical (unpaired) electrons. The molecule has 0 fully saturated rings. The normalized spacial score (nSPS) is 10.0. The van der Waals surface area contributed by atoms with E-state index in [1.165, 1.54) is 0 Å². The SMILES string of the molecule is CC(C)=Nc1c(C(=N)N)nc(C)n1C. The number of aromatic nitrogens is 2. The third kappa shape index (κ3) is 1.81. The van der Waals surface area contributed by atoms with Gasteiger partial charge in [0.15, 0.2) is 5.82 Å². The Labute approximate surface area is 83.2 Å². The minimum absolute atomic E-state index is 0.0475. The van der Waals surface area contributed by atoms with E-state index in [1.54, 1.807) is 0 Å². The summed E-state index contributed by atoms with van der Waals surface area (Å²) < 4.78 is 1.82. The first-order chi connectivity index (χ1) is 6.43. The van der Waals surface area contributed by atoms with Crippen molar-refractivity contribution in [3.8, 4) is 0 Å². The Bertz CT molecular complexity index is 396. The van der Waals surface area contributed by atoms with Crippen LogP contribution in [0, 0.1) is 12.3 Å². The van der Waals surface area contributed by atoms with Gasteiger partial charge in [0.05, 0.1) is 0 Å². The fraction of sp³-hybridized carbons (Fsp3) is 0.444. The number of hydrogen-bond donors (Lipinski definition) is 2. The van der Waals surface area contributed by atoms with Gasteiger partial charge in [0, 0.05) is 12.8 Å². The molecule has 0 amide bonds. The van der Waals surface area contributed by atoms with Crippen molar-refractivity contribution in [1.29, 1.82) is 5.41 Å². The van der Waals surface area contributed by atoms with Crippen LogP contribution in [0.25, 0.3) is 0 Å². The number of imidazole rings is 1. The molecule has 3 N–H and O–H groups in total. The fourth-order valence-corrected chi connectivity index (χ4v) is 1.12. The summed E-state index contributed by atoms with van der Waals surface area (Å²) in [5.74, 6) is 1.40. The molecule has 1 heterocycles. The first-order valence-corrected chi connectivity index (χ1v) is 4.33. The molecule has 1 rings (SSSR count). The van der Waals surface area contributed by atoms with Crippen molar-refractivity contribution in [3.63, 3.8) is 0 Å². The zero-order chi connectivity index (χ0) is 10.9. The molecule has 0 saturated carbocycles. The summed E-state index contributed by atoms with van der Waals surface area (Å²) in [4.78, 5) is 8.47. The number of nitrogens with one attached hydrogen (secondary N) is 1. The smallest absolute Gasteiger partial charge is 0.163 e. The minimum atomic E-state index is -0.0475. The first kappa shape index (κ1) is 10.4. The molecule has 0 atom stereocenters. The Morgan fingerprint density at radius 2 is 2.07 bits per heavy atom. The number of nitrogen functional groups attached to an aromatic ring is 1. The monoisotopic (exact) mass is 193 g/mol. The molecule has 0 aliphatic rings. The van der Waals surface area contributed by atoms with Gasteiger partial charge in [-0.05, 0) is 20.8 Å². The molecule has 0 unspecified atom stereocenters. The highest BCUT2D eigenvalue weighted by atomic mass is 15.1. The number of aliphatic imine (C=N–C) groups is 1. The van der Waals surface area contributed by atoms with Gasteiger partial charge in [0.25, 0.3) is 0 Å². The van der Waals surface area contributed by atoms with Gasteiger partial charge >= 0.3 is 0 Å². The average Bonchev–Trinajstić information content (AvgIpc) is 2.32. The second-order valence-corrected chi connectivity index (χ2v) is 3.36. The third-order valence-corrected chi connectivity index (χ3v) is 1.87. The third-order valence-electron chi connectivity index (χ3n) is 1.87. The Hall–Kier alpha value is -1.65. The van der Waals surface area contributed by atoms with Gasteiger partial charge in [-0.25, -0.2) is 9.98 Å². The summed E-state index contributed by atoms with van der Waals surface area (Å²) in [7, 11) is 1.86. The highest BCUT2D eigenvalue weighted by Gasteiger charge is 2.13. The molecule has 0 bridgehead atoms. The predicted molar refractivity (Wildman–Crippen MR) is 57.4 cm³/mol. The summed E-state index contributed by atoms with van der Waals surface area (Å²) >= 11 is 0. The molecule has 5 heteroatoms. The van der Waals surface area contributed by atoms with Gasteiger partial charge in [0.2, 0.25) is 0 Å². The van der Waals surface area contributed by atoms with Crippen LogP contribution in [0.3, 0.4) is 0 Å². The van der Waals surface area contributed by atoms with Crippen molar-refractivity contribution < 1.29 is 0 Å². The van der Waals surface area contributed by atoms with Crippen LogP contribution < -0.4 is 5.73 Å². The van der Waals surface area contributed by atoms with Crippen LogP contribution in [0.4, 0.5) is 5.82 Å². The fourth-order valence-electron chi connectivity index (χ4n) is 1.12. The molecule has 76 valence electrons. The van der Waals surface area contributed by atoms with Gasteiger partial charge in [-0.2, -0.15) is 0 Å². The van der Waals surface area contributed by atoms with Crippen LogP contribution >= 0.6 is 0 Å². The molecule has 0 aliphatic heterocycles. The molecule has 0 saturated heterocycles. The Kier molecular flexibility index (Phi) is 2.69. The standard InChI is InChI=1S/C9H15N5/c1-5(2)12-9-7(8(10)11)13-6(3)14(9)4/h1-4H3,(H3,10,11). The number of rotatable bonds is 2. The lowest BCUT2D eigenvalue weighted by Crippen LogP contribution is -2.12. The molecule has 0 aromatic carbocycles. The molecular weight excluding hydrogens is 178 g/mol. The quantitative estimate of drug-likeness (QED) is 0.545. The maximum absolute atomic E-state index is 7.36. The molecule has 1 aromatic heterocycles. The van der Waals surface area contributed by atoms with Gasteiger partial charge in [0.1, 0.15) is 17.4 Å². The number of aryl methyl sites for hydroxylation is 1. The Morgan fingerprint density at radius 3 is 2.50 bits per heavy atom. The van der Waals surface area contributed by atoms with Crippen LogP contribution in [0.2, 0.25) is 0 Å². The van der Waals surface area contributed by atoms with E-state index in [2.05, 4.69) is 9.98 Å². The average molecular weight is 193 g/mol. The Morgan fingerprint density at radius 1 is 1.50 bits per heavy atom. The molecular formula is C9H15N5. The van der Waals surface area contributed by atoms with E-state index in [4.69, 9.17) is 11.1 Å². The summed E-state index contributed by atoms with van der Waals surface area (Å²) in [5, 5.41) is 7.36. The highest BCUT2D eigenvalue weighted by Crippen LogP contribution is 2.19. The molecule has 1 aromatic rings. The van der Waals surface area contributed by atoms with Crippen molar-refractivity contribution in [3.05, 3.63) is 11.5 Å². The van der Waals surface area contributed by atoms with E-state index in [-0.39, 0.29) is 5.84 Å². The molecule has 0 spiro atoms. The van der Waals surface area contributed by atoms with Crippen LogP contribution in [-0.2, 0) is 7.05 Å². The van der Waals surface area contributed by atoms with Crippen molar-refractivity contribution in [2.24, 2.45) is 17.8 Å². The van der Waals surface area contributed by atoms with Crippen molar-refractivity contribution >= 4 is 17.4 Å². The van der Waals surface area contributed by atoms with Gasteiger partial charge in [-0.1, -0.05) is 0 Å². The summed E-state index contributed by atoms with van der Waals surface area (Å²) in [6.45, 7) is 5.65. The largest absolute Gasteiger partial charge is 0.382 e. The van der Waals surface area contributed by atoms with E-state index >= 15 is 0 Å². The summed E-state index contributed by atoms with van der Waals surface area (Å²) in [6, 6.07) is 0. The van der Waals surface area contributed by atoms with Crippen molar-refractivity contribution in [2.75, 3.05) is 0 Å². The van der Waals surface area contributed by atoms with E-state index in [0.29, 0.717) is 11.5 Å². The van der Waals surface area contributed by atoms with E-state index in [0.717, 1.165) is 11.5 Å². The summed E-state index contributed by atoms with van der Waals surface area (Å²) in [5.41, 5.74) is 6.77. The van der Waals surface area contributed by atoms with Crippen LogP contribution in [0.5, 0.6) is 0 Å². The first-order valence-electron chi connectivity index (χ1n) is 4.33. The lowest BCUT2D eigenvalue weighted by atomic mass is 10.4. The minimum Gasteiger partial charge on any atom is -0.382 e. The second kappa shape index (κ2) is 3.61. The Balaban J connectivity index is 3.38. The highest BCUT2D eigenvalue weighted by molar-refractivity contribution is 5.98. The zero-order valence-corrected chi connectivity index (χ0v) is 8.92. The van der Waals surface area contributed by atoms with Crippen molar-refractivity contribution in [1.82, 2.24) is 9.55 Å². The molecule has 5 nitrogen and oxygen atoms in total. The maximum atomic E-state index is 7.36. The van der Waals surface area contributed by atoms with E-state index in [9.17, 15) is 0 Å². The number of nitrogens with zero attached hydrogens (tertiary/aromatic N) is 3. The zero-order valence-electron chi connectivity index (χ0n) is 8.92. The second-order valence-electron chi connectivity index (χ2n) is 3.36. The topological polar surface area (TPSA) is 80.1 Å².